The van der Waals surface area contributed by atoms with Gasteiger partial charge in [-0.05, 0) is 43.5 Å². The maximum Gasteiger partial charge on any atom is 0.379 e. The van der Waals surface area contributed by atoms with E-state index in [9.17, 15) is 27.5 Å². The van der Waals surface area contributed by atoms with Crippen LogP contribution in [0.25, 0.3) is 5.76 Å². The molecular formula is C22H23FO7S. The molecule has 0 amide bonds. The van der Waals surface area contributed by atoms with Crippen LogP contribution in [0.4, 0.5) is 4.39 Å². The Hall–Kier alpha value is -2.94. The van der Waals surface area contributed by atoms with Gasteiger partial charge in [-0.15, -0.1) is 0 Å². The number of carbonyl (C=O) groups is 2. The summed E-state index contributed by atoms with van der Waals surface area (Å²) in [6, 6.07) is 7.50. The highest BCUT2D eigenvalue weighted by molar-refractivity contribution is 7.91. The van der Waals surface area contributed by atoms with E-state index < -0.39 is 27.3 Å². The fourth-order valence-corrected chi connectivity index (χ4v) is 4.94. The number of benzene rings is 1. The number of rotatable bonds is 7. The number of esters is 1. The average Bonchev–Trinajstić information content (AvgIpc) is 3.13. The molecule has 1 aliphatic heterocycles. The van der Waals surface area contributed by atoms with Gasteiger partial charge < -0.3 is 14.3 Å². The highest BCUT2D eigenvalue weighted by atomic mass is 32.2. The second-order valence-electron chi connectivity index (χ2n) is 7.35. The van der Waals surface area contributed by atoms with Crippen molar-refractivity contribution in [2.24, 2.45) is 0 Å². The Morgan fingerprint density at radius 3 is 2.48 bits per heavy atom. The maximum atomic E-state index is 13.2. The van der Waals surface area contributed by atoms with E-state index in [1.54, 1.807) is 25.1 Å². The van der Waals surface area contributed by atoms with Gasteiger partial charge in [0.1, 0.15) is 21.4 Å². The first-order valence-electron chi connectivity index (χ1n) is 9.88. The number of carbonyl (C=O) groups excluding carboxylic acids is 2. The molecule has 1 fully saturated rings. The monoisotopic (exact) mass is 450 g/mol. The number of ether oxygens (including phenoxy) is 1. The van der Waals surface area contributed by atoms with Gasteiger partial charge >= 0.3 is 5.97 Å². The highest BCUT2D eigenvalue weighted by Gasteiger charge is 2.29. The van der Waals surface area contributed by atoms with E-state index in [1.807, 2.05) is 0 Å². The van der Waals surface area contributed by atoms with Crippen LogP contribution in [0.1, 0.15) is 48.3 Å². The van der Waals surface area contributed by atoms with Gasteiger partial charge in [0.25, 0.3) is 5.78 Å². The SMILES string of the molecule is CCOC(=O)C(=O)C=C(O)c1oc(C2CCS(=O)(=O)CC2)cc1Cc1ccc(F)cc1. The zero-order valence-corrected chi connectivity index (χ0v) is 17.8. The van der Waals surface area contributed by atoms with Crippen LogP contribution in [0.5, 0.6) is 0 Å². The van der Waals surface area contributed by atoms with Crippen LogP contribution in [-0.4, -0.2) is 43.4 Å². The van der Waals surface area contributed by atoms with Crippen molar-refractivity contribution in [3.05, 3.63) is 64.9 Å². The molecule has 0 unspecified atom stereocenters. The van der Waals surface area contributed by atoms with Crippen molar-refractivity contribution in [3.8, 4) is 0 Å². The van der Waals surface area contributed by atoms with Gasteiger partial charge in [0.05, 0.1) is 18.1 Å². The van der Waals surface area contributed by atoms with Crippen molar-refractivity contribution >= 4 is 27.3 Å². The fourth-order valence-electron chi connectivity index (χ4n) is 3.45. The smallest absolute Gasteiger partial charge is 0.379 e. The van der Waals surface area contributed by atoms with Gasteiger partial charge in [-0.1, -0.05) is 12.1 Å². The lowest BCUT2D eigenvalue weighted by molar-refractivity contribution is -0.151. The first-order chi connectivity index (χ1) is 14.7. The van der Waals surface area contributed by atoms with Crippen LogP contribution < -0.4 is 0 Å². The first-order valence-corrected chi connectivity index (χ1v) is 11.7. The molecule has 1 aromatic heterocycles. The molecule has 1 N–H and O–H groups in total. The Labute approximate surface area is 179 Å². The number of halogens is 1. The number of hydrogen-bond acceptors (Lipinski definition) is 7. The molecule has 0 aliphatic carbocycles. The van der Waals surface area contributed by atoms with E-state index in [0.29, 0.717) is 24.2 Å². The molecule has 166 valence electrons. The third kappa shape index (κ3) is 5.81. The van der Waals surface area contributed by atoms with Gasteiger partial charge in [0.15, 0.2) is 11.5 Å². The first kappa shape index (κ1) is 22.7. The molecule has 7 nitrogen and oxygen atoms in total. The number of furan rings is 1. The van der Waals surface area contributed by atoms with Crippen LogP contribution in [0, 0.1) is 5.82 Å². The van der Waals surface area contributed by atoms with Crippen LogP contribution in [0.15, 0.2) is 40.8 Å². The summed E-state index contributed by atoms with van der Waals surface area (Å²) >= 11 is 0. The zero-order valence-electron chi connectivity index (χ0n) is 17.0. The lowest BCUT2D eigenvalue weighted by Crippen LogP contribution is -2.21. The van der Waals surface area contributed by atoms with Crippen LogP contribution in [0.3, 0.4) is 0 Å². The minimum atomic E-state index is -3.06. The van der Waals surface area contributed by atoms with Gasteiger partial charge in [-0.3, -0.25) is 4.79 Å². The van der Waals surface area contributed by atoms with E-state index in [-0.39, 0.29) is 42.0 Å². The normalized spacial score (nSPS) is 16.8. The summed E-state index contributed by atoms with van der Waals surface area (Å²) in [6.07, 6.45) is 1.78. The summed E-state index contributed by atoms with van der Waals surface area (Å²) in [6.45, 7) is 1.57. The standard InChI is InChI=1S/C22H23FO7S/c1-2-29-22(26)19(25)13-18(24)21-16(11-14-3-5-17(23)6-4-14)12-20(30-21)15-7-9-31(27,28)10-8-15/h3-6,12-13,15,24H,2,7-11H2,1H3. The van der Waals surface area contributed by atoms with Crippen LogP contribution in [0.2, 0.25) is 0 Å². The number of hydrogen-bond donors (Lipinski definition) is 1. The molecule has 1 aromatic carbocycles. The maximum absolute atomic E-state index is 13.2. The molecule has 0 spiro atoms. The molecular weight excluding hydrogens is 427 g/mol. The minimum absolute atomic E-state index is 0.00500. The quantitative estimate of drug-likeness (QED) is 0.298. The van der Waals surface area contributed by atoms with E-state index >= 15 is 0 Å². The molecule has 1 aliphatic rings. The van der Waals surface area contributed by atoms with Gasteiger partial charge in [0, 0.05) is 24.0 Å². The van der Waals surface area contributed by atoms with Crippen LogP contribution >= 0.6 is 0 Å². The molecule has 31 heavy (non-hydrogen) atoms. The summed E-state index contributed by atoms with van der Waals surface area (Å²) < 4.78 is 47.1. The summed E-state index contributed by atoms with van der Waals surface area (Å²) in [4.78, 5) is 23.5. The minimum Gasteiger partial charge on any atom is -0.504 e. The molecule has 9 heteroatoms. The van der Waals surface area contributed by atoms with Gasteiger partial charge in [-0.2, -0.15) is 0 Å². The molecule has 0 atom stereocenters. The van der Waals surface area contributed by atoms with E-state index in [2.05, 4.69) is 4.74 Å². The Morgan fingerprint density at radius 1 is 1.23 bits per heavy atom. The molecule has 2 heterocycles. The van der Waals surface area contributed by atoms with Crippen molar-refractivity contribution in [2.45, 2.75) is 32.1 Å². The topological polar surface area (TPSA) is 111 Å². The van der Waals surface area contributed by atoms with E-state index in [4.69, 9.17) is 4.42 Å². The van der Waals surface area contributed by atoms with Gasteiger partial charge in [0.2, 0.25) is 0 Å². The molecule has 0 radical (unpaired) electrons. The number of sulfone groups is 1. The molecule has 2 aromatic rings. The summed E-state index contributed by atoms with van der Waals surface area (Å²) in [7, 11) is -3.06. The largest absolute Gasteiger partial charge is 0.504 e. The lowest BCUT2D eigenvalue weighted by Gasteiger charge is -2.19. The Morgan fingerprint density at radius 2 is 1.87 bits per heavy atom. The zero-order chi connectivity index (χ0) is 22.6. The van der Waals surface area contributed by atoms with E-state index in [1.165, 1.54) is 12.1 Å². The van der Waals surface area contributed by atoms with Crippen molar-refractivity contribution in [2.75, 3.05) is 18.1 Å². The molecule has 0 bridgehead atoms. The van der Waals surface area contributed by atoms with Crippen molar-refractivity contribution in [3.63, 3.8) is 0 Å². The number of aliphatic hydroxyl groups is 1. The summed E-state index contributed by atoms with van der Waals surface area (Å²) in [5.74, 6) is -2.62. The molecule has 0 saturated carbocycles. The third-order valence-corrected chi connectivity index (χ3v) is 6.79. The Bertz CT molecular complexity index is 1080. The van der Waals surface area contributed by atoms with E-state index in [0.717, 1.165) is 11.6 Å². The third-order valence-electron chi connectivity index (χ3n) is 5.07. The Kier molecular flexibility index (Phi) is 6.94. The summed E-state index contributed by atoms with van der Waals surface area (Å²) in [5, 5.41) is 10.5. The second-order valence-corrected chi connectivity index (χ2v) is 9.65. The van der Waals surface area contributed by atoms with Crippen molar-refractivity contribution in [1.82, 2.24) is 0 Å². The molecule has 3 rings (SSSR count). The second kappa shape index (κ2) is 9.47. The van der Waals surface area contributed by atoms with Crippen molar-refractivity contribution in [1.29, 1.82) is 0 Å². The summed E-state index contributed by atoms with van der Waals surface area (Å²) in [5.41, 5.74) is 1.27. The van der Waals surface area contributed by atoms with Crippen LogP contribution in [-0.2, 0) is 30.6 Å². The Balaban J connectivity index is 1.93. The lowest BCUT2D eigenvalue weighted by atomic mass is 9.98. The number of aliphatic hydroxyl groups excluding tert-OH is 1. The van der Waals surface area contributed by atoms with Crippen molar-refractivity contribution < 1.29 is 36.7 Å². The average molecular weight is 450 g/mol. The fraction of sp³-hybridized carbons (Fsp3) is 0.364. The predicted octanol–water partition coefficient (Wildman–Crippen LogP) is 3.33. The highest BCUT2D eigenvalue weighted by Crippen LogP contribution is 2.34. The molecule has 1 saturated heterocycles. The number of ketones is 1. The predicted molar refractivity (Wildman–Crippen MR) is 111 cm³/mol. The van der Waals surface area contributed by atoms with Gasteiger partial charge in [-0.25, -0.2) is 17.6 Å².